The molecule has 1 nitrogen and oxygen atoms in total. The number of pyridine rings is 1. The van der Waals surface area contributed by atoms with E-state index in [0.717, 1.165) is 11.4 Å². The molecule has 2 heteroatoms. The second-order valence-electron chi connectivity index (χ2n) is 5.50. The maximum atomic E-state index is 6.43. The molecular formula is C15H20ClN. The summed E-state index contributed by atoms with van der Waals surface area (Å²) >= 11 is 6.43. The number of halogens is 1. The Morgan fingerprint density at radius 2 is 1.76 bits per heavy atom. The first-order valence-electron chi connectivity index (χ1n) is 7.03. The molecule has 0 aromatic carbocycles. The molecule has 17 heavy (non-hydrogen) atoms. The summed E-state index contributed by atoms with van der Waals surface area (Å²) in [5.74, 6) is 0.628. The SMILES string of the molecule is Clc1cc2c(nc1C1CCCCC1)CCCC2. The third-order valence-corrected chi connectivity index (χ3v) is 4.58. The van der Waals surface area contributed by atoms with Crippen molar-refractivity contribution < 1.29 is 0 Å². The van der Waals surface area contributed by atoms with Crippen LogP contribution in [0.4, 0.5) is 0 Å². The first-order chi connectivity index (χ1) is 8.34. The molecular weight excluding hydrogens is 230 g/mol. The zero-order chi connectivity index (χ0) is 11.7. The molecule has 2 aliphatic rings. The van der Waals surface area contributed by atoms with Crippen molar-refractivity contribution in [3.63, 3.8) is 0 Å². The lowest BCUT2D eigenvalue weighted by Crippen LogP contribution is -2.12. The van der Waals surface area contributed by atoms with Crippen molar-refractivity contribution in [1.82, 2.24) is 4.98 Å². The Morgan fingerprint density at radius 3 is 2.59 bits per heavy atom. The fourth-order valence-electron chi connectivity index (χ4n) is 3.28. The standard InChI is InChI=1S/C15H20ClN/c16-13-10-12-8-4-5-9-14(12)17-15(13)11-6-2-1-3-7-11/h10-11H,1-9H2. The Kier molecular flexibility index (Phi) is 3.37. The normalized spacial score (nSPS) is 21.2. The van der Waals surface area contributed by atoms with Gasteiger partial charge in [0.15, 0.2) is 0 Å². The molecule has 0 aliphatic heterocycles. The Balaban J connectivity index is 1.93. The highest BCUT2D eigenvalue weighted by Crippen LogP contribution is 2.36. The highest BCUT2D eigenvalue weighted by atomic mass is 35.5. The first kappa shape index (κ1) is 11.5. The van der Waals surface area contributed by atoms with Gasteiger partial charge in [-0.2, -0.15) is 0 Å². The van der Waals surface area contributed by atoms with E-state index in [4.69, 9.17) is 16.6 Å². The molecule has 3 rings (SSSR count). The predicted molar refractivity (Wildman–Crippen MR) is 71.7 cm³/mol. The largest absolute Gasteiger partial charge is 0.256 e. The third-order valence-electron chi connectivity index (χ3n) is 4.27. The summed E-state index contributed by atoms with van der Waals surface area (Å²) in [4.78, 5) is 4.90. The smallest absolute Gasteiger partial charge is 0.0627 e. The number of hydrogen-bond donors (Lipinski definition) is 0. The van der Waals surface area contributed by atoms with Crippen molar-refractivity contribution in [3.05, 3.63) is 28.0 Å². The maximum Gasteiger partial charge on any atom is 0.0627 e. The fourth-order valence-corrected chi connectivity index (χ4v) is 3.61. The van der Waals surface area contributed by atoms with Crippen LogP contribution in [0.15, 0.2) is 6.07 Å². The van der Waals surface area contributed by atoms with Gasteiger partial charge >= 0.3 is 0 Å². The lowest BCUT2D eigenvalue weighted by Gasteiger charge is -2.24. The van der Waals surface area contributed by atoms with Gasteiger partial charge in [0.05, 0.1) is 10.7 Å². The summed E-state index contributed by atoms with van der Waals surface area (Å²) in [6.07, 6.45) is 11.6. The van der Waals surface area contributed by atoms with Crippen LogP contribution in [0.2, 0.25) is 5.02 Å². The summed E-state index contributed by atoms with van der Waals surface area (Å²) in [6, 6.07) is 2.20. The number of hydrogen-bond acceptors (Lipinski definition) is 1. The molecule has 0 spiro atoms. The molecule has 1 fully saturated rings. The third kappa shape index (κ3) is 2.35. The molecule has 0 saturated heterocycles. The van der Waals surface area contributed by atoms with Gasteiger partial charge in [-0.05, 0) is 50.2 Å². The zero-order valence-electron chi connectivity index (χ0n) is 10.3. The van der Waals surface area contributed by atoms with Gasteiger partial charge in [0.1, 0.15) is 0 Å². The van der Waals surface area contributed by atoms with Gasteiger partial charge in [0.25, 0.3) is 0 Å². The van der Waals surface area contributed by atoms with E-state index in [1.165, 1.54) is 68.3 Å². The van der Waals surface area contributed by atoms with Gasteiger partial charge in [-0.25, -0.2) is 0 Å². The molecule has 0 amide bonds. The summed E-state index contributed by atoms with van der Waals surface area (Å²) in [6.45, 7) is 0. The van der Waals surface area contributed by atoms with Crippen LogP contribution in [0, 0.1) is 0 Å². The van der Waals surface area contributed by atoms with Crippen LogP contribution in [-0.2, 0) is 12.8 Å². The summed E-state index contributed by atoms with van der Waals surface area (Å²) in [5, 5.41) is 0.928. The van der Waals surface area contributed by atoms with Gasteiger partial charge < -0.3 is 0 Å². The monoisotopic (exact) mass is 249 g/mol. The molecule has 1 aromatic heterocycles. The van der Waals surface area contributed by atoms with Crippen molar-refractivity contribution in [3.8, 4) is 0 Å². The lowest BCUT2D eigenvalue weighted by atomic mass is 9.85. The van der Waals surface area contributed by atoms with Crippen molar-refractivity contribution in [2.75, 3.05) is 0 Å². The molecule has 0 unspecified atom stereocenters. The van der Waals surface area contributed by atoms with E-state index in [1.54, 1.807) is 0 Å². The molecule has 1 heterocycles. The Bertz CT molecular complexity index is 408. The van der Waals surface area contributed by atoms with E-state index in [1.807, 2.05) is 0 Å². The zero-order valence-corrected chi connectivity index (χ0v) is 11.1. The second kappa shape index (κ2) is 4.97. The number of rotatable bonds is 1. The summed E-state index contributed by atoms with van der Waals surface area (Å²) < 4.78 is 0. The van der Waals surface area contributed by atoms with E-state index in [0.29, 0.717) is 5.92 Å². The Labute approximate surface area is 109 Å². The number of aryl methyl sites for hydroxylation is 2. The second-order valence-corrected chi connectivity index (χ2v) is 5.91. The van der Waals surface area contributed by atoms with E-state index in [-0.39, 0.29) is 0 Å². The molecule has 0 bridgehead atoms. The average Bonchev–Trinajstić information content (AvgIpc) is 2.39. The van der Waals surface area contributed by atoms with Gasteiger partial charge in [0, 0.05) is 11.6 Å². The quantitative estimate of drug-likeness (QED) is 0.705. The van der Waals surface area contributed by atoms with Gasteiger partial charge in [-0.15, -0.1) is 0 Å². The lowest BCUT2D eigenvalue weighted by molar-refractivity contribution is 0.435. The molecule has 1 saturated carbocycles. The minimum absolute atomic E-state index is 0.628. The average molecular weight is 250 g/mol. The Hall–Kier alpha value is -0.560. The van der Waals surface area contributed by atoms with Gasteiger partial charge in [0.2, 0.25) is 0 Å². The van der Waals surface area contributed by atoms with Crippen molar-refractivity contribution in [2.45, 2.75) is 63.7 Å². The number of aromatic nitrogens is 1. The molecule has 2 aliphatic carbocycles. The molecule has 0 N–H and O–H groups in total. The maximum absolute atomic E-state index is 6.43. The van der Waals surface area contributed by atoms with E-state index in [9.17, 15) is 0 Å². The minimum Gasteiger partial charge on any atom is -0.256 e. The van der Waals surface area contributed by atoms with Gasteiger partial charge in [-0.3, -0.25) is 4.98 Å². The van der Waals surface area contributed by atoms with E-state index in [2.05, 4.69) is 6.07 Å². The highest BCUT2D eigenvalue weighted by molar-refractivity contribution is 6.31. The van der Waals surface area contributed by atoms with Crippen molar-refractivity contribution in [2.24, 2.45) is 0 Å². The minimum atomic E-state index is 0.628. The van der Waals surface area contributed by atoms with Gasteiger partial charge in [-0.1, -0.05) is 30.9 Å². The van der Waals surface area contributed by atoms with E-state index >= 15 is 0 Å². The van der Waals surface area contributed by atoms with Crippen LogP contribution in [0.3, 0.4) is 0 Å². The molecule has 0 atom stereocenters. The summed E-state index contributed by atoms with van der Waals surface area (Å²) in [5.41, 5.74) is 3.94. The number of nitrogens with zero attached hydrogens (tertiary/aromatic N) is 1. The Morgan fingerprint density at radius 1 is 1.00 bits per heavy atom. The first-order valence-corrected chi connectivity index (χ1v) is 7.40. The van der Waals surface area contributed by atoms with Crippen molar-refractivity contribution in [1.29, 1.82) is 0 Å². The highest BCUT2D eigenvalue weighted by Gasteiger charge is 2.22. The van der Waals surface area contributed by atoms with Crippen LogP contribution in [-0.4, -0.2) is 4.98 Å². The molecule has 1 aromatic rings. The van der Waals surface area contributed by atoms with Crippen LogP contribution < -0.4 is 0 Å². The predicted octanol–water partition coefficient (Wildman–Crippen LogP) is 4.66. The number of fused-ring (bicyclic) bond motifs is 1. The topological polar surface area (TPSA) is 12.9 Å². The van der Waals surface area contributed by atoms with Crippen LogP contribution in [0.5, 0.6) is 0 Å². The molecule has 0 radical (unpaired) electrons. The molecule has 92 valence electrons. The van der Waals surface area contributed by atoms with Crippen molar-refractivity contribution >= 4 is 11.6 Å². The van der Waals surface area contributed by atoms with E-state index < -0.39 is 0 Å². The fraction of sp³-hybridized carbons (Fsp3) is 0.667. The van der Waals surface area contributed by atoms with Crippen LogP contribution in [0.25, 0.3) is 0 Å². The van der Waals surface area contributed by atoms with Crippen LogP contribution >= 0.6 is 11.6 Å². The summed E-state index contributed by atoms with van der Waals surface area (Å²) in [7, 11) is 0. The van der Waals surface area contributed by atoms with Crippen LogP contribution in [0.1, 0.15) is 67.8 Å².